The number of nitrogens with one attached hydrogen (secondary N) is 2. The van der Waals surface area contributed by atoms with E-state index in [1.54, 1.807) is 13.0 Å². The molecule has 3 aromatic rings. The number of amides is 2. The van der Waals surface area contributed by atoms with Gasteiger partial charge in [-0.05, 0) is 31.2 Å². The second kappa shape index (κ2) is 10.5. The number of aryl methyl sites for hydroxylation is 1. The highest BCUT2D eigenvalue weighted by Gasteiger charge is 2.20. The van der Waals surface area contributed by atoms with Crippen molar-refractivity contribution in [1.29, 1.82) is 0 Å². The molecule has 0 saturated heterocycles. The van der Waals surface area contributed by atoms with Gasteiger partial charge in [0.1, 0.15) is 11.6 Å². The standard InChI is InChI=1S/C23H23FN4O6/c1-13-9-21(28(27-13)16-7-5-15(24)6-8-16)26-22(30)12-34-23(31)17-10-19(32-3)20(33-4)11-18(17)25-14(2)29/h5-11H,12H2,1-4H3,(H,25,29)(H,26,30). The number of hydrogen-bond donors (Lipinski definition) is 2. The van der Waals surface area contributed by atoms with Crippen LogP contribution in [0.15, 0.2) is 42.5 Å². The second-order valence-electron chi connectivity index (χ2n) is 7.12. The number of nitrogens with zero attached hydrogens (tertiary/aromatic N) is 2. The van der Waals surface area contributed by atoms with Crippen molar-refractivity contribution in [2.24, 2.45) is 0 Å². The lowest BCUT2D eigenvalue weighted by Gasteiger charge is -2.15. The van der Waals surface area contributed by atoms with Crippen molar-refractivity contribution in [3.05, 3.63) is 59.5 Å². The molecule has 0 aliphatic carbocycles. The summed E-state index contributed by atoms with van der Waals surface area (Å²) in [6, 6.07) is 9.95. The number of carbonyl (C=O) groups is 3. The number of methoxy groups -OCH3 is 2. The monoisotopic (exact) mass is 470 g/mol. The fraction of sp³-hybridized carbons (Fsp3) is 0.217. The average molecular weight is 470 g/mol. The fourth-order valence-electron chi connectivity index (χ4n) is 3.10. The van der Waals surface area contributed by atoms with E-state index in [1.807, 2.05) is 0 Å². The van der Waals surface area contributed by atoms with Gasteiger partial charge in [-0.25, -0.2) is 13.9 Å². The quantitative estimate of drug-likeness (QED) is 0.485. The molecule has 0 aliphatic heterocycles. The number of aromatic nitrogens is 2. The molecular weight excluding hydrogens is 447 g/mol. The van der Waals surface area contributed by atoms with Crippen molar-refractivity contribution >= 4 is 29.3 Å². The minimum absolute atomic E-state index is 0.0205. The van der Waals surface area contributed by atoms with Crippen molar-refractivity contribution < 1.29 is 33.0 Å². The predicted molar refractivity (Wildman–Crippen MR) is 121 cm³/mol. The highest BCUT2D eigenvalue weighted by Crippen LogP contribution is 2.33. The Morgan fingerprint density at radius 3 is 2.26 bits per heavy atom. The van der Waals surface area contributed by atoms with E-state index in [4.69, 9.17) is 14.2 Å². The highest BCUT2D eigenvalue weighted by atomic mass is 19.1. The Bertz CT molecular complexity index is 1220. The lowest BCUT2D eigenvalue weighted by atomic mass is 10.1. The second-order valence-corrected chi connectivity index (χ2v) is 7.12. The summed E-state index contributed by atoms with van der Waals surface area (Å²) in [6.07, 6.45) is 0. The number of benzene rings is 2. The summed E-state index contributed by atoms with van der Waals surface area (Å²) in [5.41, 5.74) is 1.27. The van der Waals surface area contributed by atoms with Gasteiger partial charge >= 0.3 is 5.97 Å². The smallest absolute Gasteiger partial charge is 0.340 e. The van der Waals surface area contributed by atoms with Gasteiger partial charge in [0.15, 0.2) is 18.1 Å². The minimum atomic E-state index is -0.858. The highest BCUT2D eigenvalue weighted by molar-refractivity contribution is 6.02. The number of hydrogen-bond acceptors (Lipinski definition) is 7. The largest absolute Gasteiger partial charge is 0.493 e. The normalized spacial score (nSPS) is 10.4. The van der Waals surface area contributed by atoms with Gasteiger partial charge in [0.25, 0.3) is 5.91 Å². The van der Waals surface area contributed by atoms with Crippen molar-refractivity contribution in [3.63, 3.8) is 0 Å². The van der Waals surface area contributed by atoms with Gasteiger partial charge in [-0.1, -0.05) is 0 Å². The Kier molecular flexibility index (Phi) is 7.46. The molecule has 0 atom stereocenters. The fourth-order valence-corrected chi connectivity index (χ4v) is 3.10. The third kappa shape index (κ3) is 5.68. The SMILES string of the molecule is COc1cc(NC(C)=O)c(C(=O)OCC(=O)Nc2cc(C)nn2-c2ccc(F)cc2)cc1OC. The Balaban J connectivity index is 1.74. The Morgan fingerprint density at radius 1 is 1.00 bits per heavy atom. The Labute approximate surface area is 194 Å². The number of anilines is 2. The van der Waals surface area contributed by atoms with Gasteiger partial charge < -0.3 is 24.8 Å². The maximum Gasteiger partial charge on any atom is 0.340 e. The van der Waals surface area contributed by atoms with Gasteiger partial charge in [0.2, 0.25) is 5.91 Å². The Hall–Kier alpha value is -4.41. The molecule has 0 spiro atoms. The summed E-state index contributed by atoms with van der Waals surface area (Å²) in [5, 5.41) is 9.43. The predicted octanol–water partition coefficient (Wildman–Crippen LogP) is 3.09. The van der Waals surface area contributed by atoms with Crippen LogP contribution in [0, 0.1) is 12.7 Å². The summed E-state index contributed by atoms with van der Waals surface area (Å²) < 4.78 is 30.2. The van der Waals surface area contributed by atoms with E-state index < -0.39 is 30.2 Å². The molecule has 0 saturated carbocycles. The minimum Gasteiger partial charge on any atom is -0.493 e. The van der Waals surface area contributed by atoms with Crippen molar-refractivity contribution in [1.82, 2.24) is 9.78 Å². The summed E-state index contributed by atoms with van der Waals surface area (Å²) in [7, 11) is 2.81. The number of rotatable bonds is 8. The average Bonchev–Trinajstić information content (AvgIpc) is 3.16. The number of ether oxygens (including phenoxy) is 3. The van der Waals surface area contributed by atoms with E-state index in [1.165, 1.54) is 62.2 Å². The van der Waals surface area contributed by atoms with E-state index >= 15 is 0 Å². The number of halogens is 1. The van der Waals surface area contributed by atoms with Gasteiger partial charge in [-0.15, -0.1) is 0 Å². The van der Waals surface area contributed by atoms with Crippen LogP contribution in [0.1, 0.15) is 23.0 Å². The van der Waals surface area contributed by atoms with Gasteiger partial charge in [-0.2, -0.15) is 5.10 Å². The van der Waals surface area contributed by atoms with Crippen LogP contribution in [0.3, 0.4) is 0 Å². The third-order valence-electron chi connectivity index (χ3n) is 4.56. The van der Waals surface area contributed by atoms with Crippen molar-refractivity contribution in [2.45, 2.75) is 13.8 Å². The van der Waals surface area contributed by atoms with E-state index in [-0.39, 0.29) is 17.0 Å². The zero-order chi connectivity index (χ0) is 24.8. The van der Waals surface area contributed by atoms with Crippen LogP contribution in [-0.4, -0.2) is 48.4 Å². The van der Waals surface area contributed by atoms with Crippen LogP contribution in [-0.2, 0) is 14.3 Å². The summed E-state index contributed by atoms with van der Waals surface area (Å²) in [6.45, 7) is 2.40. The zero-order valence-corrected chi connectivity index (χ0v) is 19.0. The first-order chi connectivity index (χ1) is 16.2. The zero-order valence-electron chi connectivity index (χ0n) is 19.0. The molecule has 34 heavy (non-hydrogen) atoms. The molecule has 2 N–H and O–H groups in total. The maximum absolute atomic E-state index is 13.2. The van der Waals surface area contributed by atoms with Crippen molar-refractivity contribution in [3.8, 4) is 17.2 Å². The van der Waals surface area contributed by atoms with Crippen LogP contribution in [0.4, 0.5) is 15.9 Å². The summed E-state index contributed by atoms with van der Waals surface area (Å²) >= 11 is 0. The molecule has 0 fully saturated rings. The first kappa shape index (κ1) is 24.2. The molecule has 178 valence electrons. The lowest BCUT2D eigenvalue weighted by Crippen LogP contribution is -2.23. The van der Waals surface area contributed by atoms with Crippen LogP contribution in [0.5, 0.6) is 11.5 Å². The van der Waals surface area contributed by atoms with Gasteiger partial charge in [0.05, 0.1) is 36.9 Å². The molecule has 0 unspecified atom stereocenters. The lowest BCUT2D eigenvalue weighted by molar-refractivity contribution is -0.119. The first-order valence-electron chi connectivity index (χ1n) is 10.0. The van der Waals surface area contributed by atoms with Crippen LogP contribution >= 0.6 is 0 Å². The van der Waals surface area contributed by atoms with E-state index in [0.717, 1.165) is 0 Å². The Morgan fingerprint density at radius 2 is 1.65 bits per heavy atom. The van der Waals surface area contributed by atoms with E-state index in [0.29, 0.717) is 22.9 Å². The molecular formula is C23H23FN4O6. The topological polar surface area (TPSA) is 121 Å². The van der Waals surface area contributed by atoms with Crippen LogP contribution in [0.25, 0.3) is 5.69 Å². The molecule has 0 bridgehead atoms. The molecule has 0 radical (unpaired) electrons. The molecule has 1 aromatic heterocycles. The van der Waals surface area contributed by atoms with Gasteiger partial charge in [-0.3, -0.25) is 9.59 Å². The molecule has 1 heterocycles. The molecule has 2 amide bonds. The molecule has 0 aliphatic rings. The molecule has 11 heteroatoms. The first-order valence-corrected chi connectivity index (χ1v) is 10.0. The third-order valence-corrected chi connectivity index (χ3v) is 4.56. The number of carbonyl (C=O) groups excluding carboxylic acids is 3. The maximum atomic E-state index is 13.2. The van der Waals surface area contributed by atoms with E-state index in [9.17, 15) is 18.8 Å². The summed E-state index contributed by atoms with van der Waals surface area (Å²) in [5.74, 6) is -1.45. The van der Waals surface area contributed by atoms with E-state index in [2.05, 4.69) is 15.7 Å². The molecule has 2 aromatic carbocycles. The van der Waals surface area contributed by atoms with Crippen LogP contribution < -0.4 is 20.1 Å². The van der Waals surface area contributed by atoms with Crippen LogP contribution in [0.2, 0.25) is 0 Å². The molecule has 3 rings (SSSR count). The van der Waals surface area contributed by atoms with Crippen molar-refractivity contribution in [2.75, 3.05) is 31.5 Å². The summed E-state index contributed by atoms with van der Waals surface area (Å²) in [4.78, 5) is 36.7. The molecule has 10 nitrogen and oxygen atoms in total. The van der Waals surface area contributed by atoms with Gasteiger partial charge in [0, 0.05) is 25.1 Å². The number of esters is 1.